The summed E-state index contributed by atoms with van der Waals surface area (Å²) < 4.78 is 0. The first kappa shape index (κ1) is 14.2. The maximum Gasteiger partial charge on any atom is 0.276 e. The largest absolute Gasteiger partial charge is 0.276 e. The number of rotatable bonds is 4. The number of allylic oxidation sites excluding steroid dienone is 2. The SMILES string of the molecule is N#Cc1cccc(/C=C/C=C/c2ccccc2[N+](=O)[O-])c1. The monoisotopic (exact) mass is 276 g/mol. The molecule has 0 spiro atoms. The van der Waals surface area contributed by atoms with E-state index in [1.807, 2.05) is 18.2 Å². The van der Waals surface area contributed by atoms with Crippen LogP contribution in [0.1, 0.15) is 16.7 Å². The van der Waals surface area contributed by atoms with Crippen molar-refractivity contribution in [2.24, 2.45) is 0 Å². The molecule has 102 valence electrons. The molecule has 0 fully saturated rings. The predicted molar refractivity (Wildman–Crippen MR) is 82.3 cm³/mol. The summed E-state index contributed by atoms with van der Waals surface area (Å²) in [5.41, 5.74) is 2.13. The summed E-state index contributed by atoms with van der Waals surface area (Å²) in [4.78, 5) is 10.5. The number of nitro groups is 1. The molecule has 2 aromatic rings. The summed E-state index contributed by atoms with van der Waals surface area (Å²) in [5.74, 6) is 0. The van der Waals surface area contributed by atoms with Crippen molar-refractivity contribution in [1.29, 1.82) is 5.26 Å². The number of nitro benzene ring substituents is 1. The molecule has 0 unspecified atom stereocenters. The summed E-state index contributed by atoms with van der Waals surface area (Å²) in [7, 11) is 0. The zero-order valence-corrected chi connectivity index (χ0v) is 11.1. The van der Waals surface area contributed by atoms with E-state index in [1.165, 1.54) is 6.07 Å². The first-order valence-electron chi connectivity index (χ1n) is 6.29. The first-order valence-corrected chi connectivity index (χ1v) is 6.29. The minimum absolute atomic E-state index is 0.0774. The van der Waals surface area contributed by atoms with E-state index >= 15 is 0 Å². The van der Waals surface area contributed by atoms with Crippen LogP contribution in [0.2, 0.25) is 0 Å². The van der Waals surface area contributed by atoms with Crippen molar-refractivity contribution in [3.05, 3.63) is 87.5 Å². The van der Waals surface area contributed by atoms with Gasteiger partial charge in [-0.15, -0.1) is 0 Å². The van der Waals surface area contributed by atoms with Gasteiger partial charge in [-0.25, -0.2) is 0 Å². The fourth-order valence-corrected chi connectivity index (χ4v) is 1.83. The standard InChI is InChI=1S/C17H12N2O2/c18-13-15-8-5-7-14(12-15)6-1-2-9-16-10-3-4-11-17(16)19(20)21/h1-12H/b6-1+,9-2+. The van der Waals surface area contributed by atoms with Crippen LogP contribution in [0.25, 0.3) is 12.2 Å². The smallest absolute Gasteiger partial charge is 0.258 e. The van der Waals surface area contributed by atoms with Crippen molar-refractivity contribution < 1.29 is 4.92 Å². The van der Waals surface area contributed by atoms with Crippen molar-refractivity contribution >= 4 is 17.8 Å². The van der Waals surface area contributed by atoms with Gasteiger partial charge in [0, 0.05) is 6.07 Å². The third-order valence-corrected chi connectivity index (χ3v) is 2.82. The zero-order valence-electron chi connectivity index (χ0n) is 11.1. The molecule has 4 nitrogen and oxygen atoms in total. The third-order valence-electron chi connectivity index (χ3n) is 2.82. The molecule has 4 heteroatoms. The summed E-state index contributed by atoms with van der Waals surface area (Å²) in [6.07, 6.45) is 7.05. The van der Waals surface area contributed by atoms with Crippen molar-refractivity contribution in [3.63, 3.8) is 0 Å². The van der Waals surface area contributed by atoms with Gasteiger partial charge < -0.3 is 0 Å². The number of hydrogen-bond acceptors (Lipinski definition) is 3. The molecule has 21 heavy (non-hydrogen) atoms. The molecule has 0 heterocycles. The lowest BCUT2D eigenvalue weighted by atomic mass is 10.1. The molecular formula is C17H12N2O2. The predicted octanol–water partition coefficient (Wildman–Crippen LogP) is 4.19. The molecule has 0 atom stereocenters. The Kier molecular flexibility index (Phi) is 4.62. The van der Waals surface area contributed by atoms with Crippen molar-refractivity contribution in [1.82, 2.24) is 0 Å². The van der Waals surface area contributed by atoms with Gasteiger partial charge in [0.2, 0.25) is 0 Å². The second-order valence-corrected chi connectivity index (χ2v) is 4.27. The average Bonchev–Trinajstić information content (AvgIpc) is 2.52. The molecular weight excluding hydrogens is 264 g/mol. The average molecular weight is 276 g/mol. The molecule has 0 bridgehead atoms. The Bertz CT molecular complexity index is 755. The van der Waals surface area contributed by atoms with Crippen molar-refractivity contribution in [3.8, 4) is 6.07 Å². The van der Waals surface area contributed by atoms with Crippen molar-refractivity contribution in [2.75, 3.05) is 0 Å². The van der Waals surface area contributed by atoms with Gasteiger partial charge in [-0.2, -0.15) is 5.26 Å². The quantitative estimate of drug-likeness (QED) is 0.477. The lowest BCUT2D eigenvalue weighted by molar-refractivity contribution is -0.385. The van der Waals surface area contributed by atoms with Crippen LogP contribution in [0.5, 0.6) is 0 Å². The Labute approximate surface area is 122 Å². The van der Waals surface area contributed by atoms with E-state index in [4.69, 9.17) is 5.26 Å². The second kappa shape index (κ2) is 6.83. The highest BCUT2D eigenvalue weighted by atomic mass is 16.6. The molecule has 0 aliphatic carbocycles. The van der Waals surface area contributed by atoms with Crippen LogP contribution >= 0.6 is 0 Å². The molecule has 2 aromatic carbocycles. The summed E-state index contributed by atoms with van der Waals surface area (Å²) in [6.45, 7) is 0. The van der Waals surface area contributed by atoms with Gasteiger partial charge in [0.25, 0.3) is 5.69 Å². The van der Waals surface area contributed by atoms with E-state index in [-0.39, 0.29) is 5.69 Å². The highest BCUT2D eigenvalue weighted by Gasteiger charge is 2.08. The first-order chi connectivity index (χ1) is 10.2. The number of benzene rings is 2. The summed E-state index contributed by atoms with van der Waals surface area (Å²) >= 11 is 0. The highest BCUT2D eigenvalue weighted by Crippen LogP contribution is 2.19. The van der Waals surface area contributed by atoms with E-state index in [1.54, 1.807) is 48.6 Å². The maximum atomic E-state index is 10.9. The topological polar surface area (TPSA) is 66.9 Å². The molecule has 0 aliphatic heterocycles. The Hall–Kier alpha value is -3.19. The van der Waals surface area contributed by atoms with Crippen LogP contribution in [0.3, 0.4) is 0 Å². The Morgan fingerprint density at radius 1 is 1.05 bits per heavy atom. The molecule has 2 rings (SSSR count). The lowest BCUT2D eigenvalue weighted by Crippen LogP contribution is -1.90. The normalized spacial score (nSPS) is 10.8. The minimum Gasteiger partial charge on any atom is -0.258 e. The summed E-state index contributed by atoms with van der Waals surface area (Å²) in [6, 6.07) is 15.8. The third kappa shape index (κ3) is 3.88. The van der Waals surface area contributed by atoms with Crippen LogP contribution < -0.4 is 0 Å². The number of nitrogens with zero attached hydrogens (tertiary/aromatic N) is 2. The molecule has 0 aliphatic rings. The van der Waals surface area contributed by atoms with Gasteiger partial charge in [0.05, 0.1) is 22.1 Å². The van der Waals surface area contributed by atoms with Gasteiger partial charge in [0.15, 0.2) is 0 Å². The van der Waals surface area contributed by atoms with Gasteiger partial charge in [-0.05, 0) is 29.8 Å². The summed E-state index contributed by atoms with van der Waals surface area (Å²) in [5, 5.41) is 19.7. The van der Waals surface area contributed by atoms with Crippen LogP contribution in [0, 0.1) is 21.4 Å². The fraction of sp³-hybridized carbons (Fsp3) is 0. The Morgan fingerprint density at radius 2 is 1.81 bits per heavy atom. The van der Waals surface area contributed by atoms with E-state index in [2.05, 4.69) is 6.07 Å². The van der Waals surface area contributed by atoms with Crippen molar-refractivity contribution in [2.45, 2.75) is 0 Å². The minimum atomic E-state index is -0.403. The molecule has 0 saturated heterocycles. The fourth-order valence-electron chi connectivity index (χ4n) is 1.83. The number of hydrogen-bond donors (Lipinski definition) is 0. The lowest BCUT2D eigenvalue weighted by Gasteiger charge is -1.95. The van der Waals surface area contributed by atoms with Gasteiger partial charge in [0.1, 0.15) is 0 Å². The molecule has 0 N–H and O–H groups in total. The second-order valence-electron chi connectivity index (χ2n) is 4.27. The van der Waals surface area contributed by atoms with Crippen LogP contribution in [-0.4, -0.2) is 4.92 Å². The molecule has 0 saturated carbocycles. The van der Waals surface area contributed by atoms with E-state index in [9.17, 15) is 10.1 Å². The number of para-hydroxylation sites is 1. The van der Waals surface area contributed by atoms with Gasteiger partial charge in [-0.3, -0.25) is 10.1 Å². The van der Waals surface area contributed by atoms with E-state index in [0.29, 0.717) is 11.1 Å². The van der Waals surface area contributed by atoms with E-state index < -0.39 is 4.92 Å². The molecule has 0 aromatic heterocycles. The van der Waals surface area contributed by atoms with Gasteiger partial charge >= 0.3 is 0 Å². The Balaban J connectivity index is 2.14. The van der Waals surface area contributed by atoms with Gasteiger partial charge in [-0.1, -0.05) is 42.5 Å². The molecule has 0 amide bonds. The molecule has 0 radical (unpaired) electrons. The highest BCUT2D eigenvalue weighted by molar-refractivity contribution is 5.63. The van der Waals surface area contributed by atoms with Crippen LogP contribution in [0.15, 0.2) is 60.7 Å². The Morgan fingerprint density at radius 3 is 2.57 bits per heavy atom. The van der Waals surface area contributed by atoms with E-state index in [0.717, 1.165) is 5.56 Å². The van der Waals surface area contributed by atoms with Crippen LogP contribution in [0.4, 0.5) is 5.69 Å². The number of nitriles is 1. The van der Waals surface area contributed by atoms with Crippen LogP contribution in [-0.2, 0) is 0 Å². The maximum absolute atomic E-state index is 10.9. The zero-order chi connectivity index (χ0) is 15.1.